The van der Waals surface area contributed by atoms with Crippen LogP contribution in [-0.4, -0.2) is 0 Å². The lowest BCUT2D eigenvalue weighted by molar-refractivity contribution is 1.12. The zero-order valence-corrected chi connectivity index (χ0v) is 27.7. The molecule has 0 saturated carbocycles. The van der Waals surface area contributed by atoms with Gasteiger partial charge in [0.1, 0.15) is 0 Å². The van der Waals surface area contributed by atoms with Gasteiger partial charge in [-0.05, 0) is 93.1 Å². The average Bonchev–Trinajstić information content (AvgIpc) is 3.17. The quantitative estimate of drug-likeness (QED) is 0.170. The van der Waals surface area contributed by atoms with Crippen molar-refractivity contribution in [2.75, 3.05) is 4.90 Å². The third kappa shape index (κ3) is 7.11. The topological polar surface area (TPSA) is 3.24 Å². The molecule has 0 atom stereocenters. The van der Waals surface area contributed by atoms with Gasteiger partial charge in [0.2, 0.25) is 0 Å². The van der Waals surface area contributed by atoms with Crippen LogP contribution in [0, 0.1) is 0 Å². The van der Waals surface area contributed by atoms with Gasteiger partial charge >= 0.3 is 0 Å². The lowest BCUT2D eigenvalue weighted by Gasteiger charge is -2.29. The van der Waals surface area contributed by atoms with Crippen LogP contribution in [0.25, 0.3) is 43.8 Å². The maximum atomic E-state index is 3.00. The van der Waals surface area contributed by atoms with Crippen molar-refractivity contribution in [3.05, 3.63) is 194 Å². The summed E-state index contributed by atoms with van der Waals surface area (Å²) in [5, 5.41) is 5.06. The first-order valence-electron chi connectivity index (χ1n) is 16.5. The molecule has 6 aromatic carbocycles. The van der Waals surface area contributed by atoms with Crippen LogP contribution in [0.1, 0.15) is 27.2 Å². The molecule has 1 aliphatic rings. The van der Waals surface area contributed by atoms with E-state index in [-0.39, 0.29) is 0 Å². The Bertz CT molecular complexity index is 1920. The van der Waals surface area contributed by atoms with E-state index in [1.165, 1.54) is 55.1 Å². The summed E-state index contributed by atoms with van der Waals surface area (Å²) in [6, 6.07) is 48.3. The molecule has 0 bridgehead atoms. The van der Waals surface area contributed by atoms with E-state index in [1.807, 2.05) is 13.8 Å². The van der Waals surface area contributed by atoms with Crippen LogP contribution < -0.4 is 4.90 Å². The van der Waals surface area contributed by atoms with E-state index in [0.717, 1.165) is 17.8 Å². The highest BCUT2D eigenvalue weighted by atomic mass is 15.1. The fourth-order valence-electron chi connectivity index (χ4n) is 6.15. The summed E-state index contributed by atoms with van der Waals surface area (Å²) in [4.78, 5) is 2.39. The van der Waals surface area contributed by atoms with Crippen molar-refractivity contribution >= 4 is 32.9 Å². The first-order chi connectivity index (χ1) is 23.3. The minimum absolute atomic E-state index is 0.898. The van der Waals surface area contributed by atoms with Gasteiger partial charge in [0.25, 0.3) is 0 Å². The minimum Gasteiger partial charge on any atom is -0.310 e. The lowest BCUT2D eigenvalue weighted by atomic mass is 9.97. The average molecular weight is 610 g/mol. The number of hydrogen-bond donors (Lipinski definition) is 0. The van der Waals surface area contributed by atoms with E-state index < -0.39 is 0 Å². The Hall–Kier alpha value is -5.66. The maximum Gasteiger partial charge on any atom is 0.0493 e. The van der Waals surface area contributed by atoms with Crippen molar-refractivity contribution in [3.8, 4) is 22.3 Å². The van der Waals surface area contributed by atoms with Crippen LogP contribution in [0.5, 0.6) is 0 Å². The summed E-state index contributed by atoms with van der Waals surface area (Å²) in [6.45, 7) is 12.1. The lowest BCUT2D eigenvalue weighted by Crippen LogP contribution is -2.17. The fourth-order valence-corrected chi connectivity index (χ4v) is 6.15. The van der Waals surface area contributed by atoms with Gasteiger partial charge in [-0.1, -0.05) is 153 Å². The van der Waals surface area contributed by atoms with E-state index in [4.69, 9.17) is 0 Å². The number of allylic oxidation sites excluding steroid dienone is 7. The summed E-state index contributed by atoms with van der Waals surface area (Å²) in [5.41, 5.74) is 9.66. The fraction of sp³-hybridized carbons (Fsp3) is 0.0870. The van der Waals surface area contributed by atoms with E-state index in [0.29, 0.717) is 0 Å². The molecule has 7 rings (SSSR count). The molecule has 0 unspecified atom stereocenters. The smallest absolute Gasteiger partial charge is 0.0493 e. The highest BCUT2D eigenvalue weighted by molar-refractivity contribution is 5.98. The Balaban J connectivity index is 0.00000105. The van der Waals surface area contributed by atoms with Gasteiger partial charge in [-0.3, -0.25) is 0 Å². The van der Waals surface area contributed by atoms with Crippen molar-refractivity contribution in [2.45, 2.75) is 27.2 Å². The van der Waals surface area contributed by atoms with E-state index in [9.17, 15) is 0 Å². The molecule has 1 nitrogen and oxygen atoms in total. The zero-order valence-electron chi connectivity index (χ0n) is 27.7. The molecule has 0 fully saturated rings. The molecular weight excluding hydrogens is 567 g/mol. The van der Waals surface area contributed by atoms with Gasteiger partial charge in [-0.25, -0.2) is 0 Å². The third-order valence-electron chi connectivity index (χ3n) is 8.23. The van der Waals surface area contributed by atoms with Gasteiger partial charge in [0.15, 0.2) is 0 Å². The second-order valence-corrected chi connectivity index (χ2v) is 10.9. The molecule has 232 valence electrons. The number of hydrogen-bond acceptors (Lipinski definition) is 1. The van der Waals surface area contributed by atoms with E-state index in [2.05, 4.69) is 195 Å². The Kier molecular flexibility index (Phi) is 11.2. The summed E-state index contributed by atoms with van der Waals surface area (Å²) < 4.78 is 0. The first-order valence-corrected chi connectivity index (χ1v) is 16.5. The van der Waals surface area contributed by atoms with Crippen molar-refractivity contribution in [1.29, 1.82) is 0 Å². The molecule has 0 heterocycles. The highest BCUT2D eigenvalue weighted by Gasteiger charge is 2.17. The second-order valence-electron chi connectivity index (χ2n) is 10.9. The van der Waals surface area contributed by atoms with Crippen LogP contribution in [-0.2, 0) is 0 Å². The molecular formula is C46H43N. The maximum absolute atomic E-state index is 3.00. The second kappa shape index (κ2) is 16.1. The van der Waals surface area contributed by atoms with Gasteiger partial charge in [0, 0.05) is 17.1 Å². The summed E-state index contributed by atoms with van der Waals surface area (Å²) in [6.07, 6.45) is 14.0. The molecule has 0 aromatic heterocycles. The first kappa shape index (κ1) is 32.7. The van der Waals surface area contributed by atoms with Gasteiger partial charge in [-0.2, -0.15) is 0 Å². The Morgan fingerprint density at radius 1 is 0.574 bits per heavy atom. The van der Waals surface area contributed by atoms with Crippen molar-refractivity contribution in [1.82, 2.24) is 0 Å². The molecule has 0 saturated heterocycles. The Morgan fingerprint density at radius 3 is 1.49 bits per heavy atom. The SMILES string of the molecule is C/C=C\C(=C1\C=CC=CC1)N(c1ccc(-c2cccc3ccccc23)cc1)c1ccc(-c2cccc3ccccc23)cc1.C=C.CC. The van der Waals surface area contributed by atoms with Gasteiger partial charge < -0.3 is 4.90 Å². The highest BCUT2D eigenvalue weighted by Crippen LogP contribution is 2.38. The van der Waals surface area contributed by atoms with Crippen LogP contribution in [0.2, 0.25) is 0 Å². The number of benzene rings is 6. The molecule has 1 heteroatoms. The van der Waals surface area contributed by atoms with Crippen LogP contribution >= 0.6 is 0 Å². The molecule has 0 spiro atoms. The van der Waals surface area contributed by atoms with E-state index in [1.54, 1.807) is 0 Å². The predicted octanol–water partition coefficient (Wildman–Crippen LogP) is 13.6. The summed E-state index contributed by atoms with van der Waals surface area (Å²) in [7, 11) is 0. The predicted molar refractivity (Wildman–Crippen MR) is 208 cm³/mol. The van der Waals surface area contributed by atoms with E-state index >= 15 is 0 Å². The van der Waals surface area contributed by atoms with Crippen LogP contribution in [0.15, 0.2) is 194 Å². The van der Waals surface area contributed by atoms with Crippen LogP contribution in [0.3, 0.4) is 0 Å². The Morgan fingerprint density at radius 2 is 1.04 bits per heavy atom. The summed E-state index contributed by atoms with van der Waals surface area (Å²) >= 11 is 0. The van der Waals surface area contributed by atoms with Crippen molar-refractivity contribution in [3.63, 3.8) is 0 Å². The molecule has 0 radical (unpaired) electrons. The largest absolute Gasteiger partial charge is 0.310 e. The molecule has 47 heavy (non-hydrogen) atoms. The monoisotopic (exact) mass is 609 g/mol. The van der Waals surface area contributed by atoms with Crippen LogP contribution in [0.4, 0.5) is 11.4 Å². The number of fused-ring (bicyclic) bond motifs is 2. The zero-order chi connectivity index (χ0) is 33.0. The van der Waals surface area contributed by atoms with Gasteiger partial charge in [-0.15, -0.1) is 13.2 Å². The molecule has 0 amide bonds. The normalized spacial score (nSPS) is 13.1. The minimum atomic E-state index is 0.898. The number of rotatable bonds is 6. The molecule has 0 aliphatic heterocycles. The molecule has 6 aromatic rings. The summed E-state index contributed by atoms with van der Waals surface area (Å²) in [5.74, 6) is 0. The number of anilines is 2. The van der Waals surface area contributed by atoms with Gasteiger partial charge in [0.05, 0.1) is 0 Å². The molecule has 1 aliphatic carbocycles. The van der Waals surface area contributed by atoms with Crippen molar-refractivity contribution < 1.29 is 0 Å². The standard InChI is InChI=1S/C42H33N.C2H6.C2H4/c1-2-12-42(35-15-4-3-5-16-35)43(36-27-23-33(24-28-36)40-21-10-17-31-13-6-8-19-38(31)40)37-29-25-34(26-30-37)41-22-11-18-32-14-7-9-20-39(32)41;2*1-2/h2-15,17-30H,16H2,1H3;1-2H3;1-2H2/b12-2-,42-35+;;. The Labute approximate surface area is 280 Å². The number of nitrogens with zero attached hydrogens (tertiary/aromatic N) is 1. The third-order valence-corrected chi connectivity index (χ3v) is 8.23. The van der Waals surface area contributed by atoms with Crippen molar-refractivity contribution in [2.24, 2.45) is 0 Å². The molecule has 0 N–H and O–H groups in total.